The molecule has 0 aromatic heterocycles. The first kappa shape index (κ1) is 19.7. The van der Waals surface area contributed by atoms with Crippen molar-refractivity contribution < 1.29 is 14.3 Å². The quantitative estimate of drug-likeness (QED) is 0.467. The Hall–Kier alpha value is -2.59. The van der Waals surface area contributed by atoms with Gasteiger partial charge in [0, 0.05) is 11.1 Å². The number of esters is 1. The number of ether oxygens (including phenoxy) is 1. The molecule has 0 bridgehead atoms. The topological polar surface area (TPSA) is 55.4 Å². The van der Waals surface area contributed by atoms with E-state index in [1.807, 2.05) is 44.2 Å². The van der Waals surface area contributed by atoms with E-state index in [1.54, 1.807) is 37.3 Å². The predicted octanol–water partition coefficient (Wildman–Crippen LogP) is 4.34. The zero-order valence-corrected chi connectivity index (χ0v) is 15.8. The van der Waals surface area contributed by atoms with Gasteiger partial charge in [-0.2, -0.15) is 0 Å². The first-order valence-electron chi connectivity index (χ1n) is 8.41. The number of carbonyl (C=O) groups is 2. The van der Waals surface area contributed by atoms with Gasteiger partial charge in [0.25, 0.3) is 5.91 Å². The van der Waals surface area contributed by atoms with E-state index >= 15 is 0 Å². The van der Waals surface area contributed by atoms with Crippen LogP contribution in [0.5, 0.6) is 0 Å². The Morgan fingerprint density at radius 3 is 2.19 bits per heavy atom. The second-order valence-electron chi connectivity index (χ2n) is 6.19. The van der Waals surface area contributed by atoms with E-state index < -0.39 is 12.1 Å². The summed E-state index contributed by atoms with van der Waals surface area (Å²) >= 11 is 5.94. The Bertz CT molecular complexity index is 783. The van der Waals surface area contributed by atoms with Crippen LogP contribution in [0.3, 0.4) is 0 Å². The molecule has 136 valence electrons. The van der Waals surface area contributed by atoms with Crippen LogP contribution in [0.4, 0.5) is 0 Å². The lowest BCUT2D eigenvalue weighted by atomic mass is 10.0. The van der Waals surface area contributed by atoms with Crippen molar-refractivity contribution in [2.75, 3.05) is 0 Å². The van der Waals surface area contributed by atoms with Crippen LogP contribution < -0.4 is 5.32 Å². The largest absolute Gasteiger partial charge is 0.449 e. The molecule has 0 aliphatic heterocycles. The minimum Gasteiger partial charge on any atom is -0.449 e. The van der Waals surface area contributed by atoms with Crippen molar-refractivity contribution in [1.82, 2.24) is 5.32 Å². The van der Waals surface area contributed by atoms with Gasteiger partial charge in [0.05, 0.1) is 5.57 Å². The number of nitrogens with one attached hydrogen (secondary N) is 1. The van der Waals surface area contributed by atoms with Crippen LogP contribution in [0.15, 0.2) is 54.6 Å². The van der Waals surface area contributed by atoms with Gasteiger partial charge in [-0.05, 0) is 50.1 Å². The fraction of sp³-hybridized carbons (Fsp3) is 0.238. The Morgan fingerprint density at radius 2 is 1.62 bits per heavy atom. The zero-order chi connectivity index (χ0) is 19.1. The molecule has 1 N–H and O–H groups in total. The maximum atomic E-state index is 12.7. The summed E-state index contributed by atoms with van der Waals surface area (Å²) in [5, 5.41) is 3.31. The van der Waals surface area contributed by atoms with E-state index in [-0.39, 0.29) is 11.9 Å². The number of rotatable bonds is 6. The Kier molecular flexibility index (Phi) is 6.98. The summed E-state index contributed by atoms with van der Waals surface area (Å²) in [6.07, 6.45) is 0.843. The van der Waals surface area contributed by atoms with E-state index in [2.05, 4.69) is 5.32 Å². The van der Waals surface area contributed by atoms with Crippen LogP contribution in [0, 0.1) is 0 Å². The maximum Gasteiger partial charge on any atom is 0.339 e. The first-order chi connectivity index (χ1) is 12.4. The zero-order valence-electron chi connectivity index (χ0n) is 15.0. The van der Waals surface area contributed by atoms with E-state index in [0.29, 0.717) is 16.2 Å². The lowest BCUT2D eigenvalue weighted by molar-refractivity contribution is -0.149. The van der Waals surface area contributed by atoms with Gasteiger partial charge in [-0.25, -0.2) is 4.79 Å². The molecule has 0 unspecified atom stereocenters. The van der Waals surface area contributed by atoms with Crippen molar-refractivity contribution in [1.29, 1.82) is 0 Å². The fourth-order valence-electron chi connectivity index (χ4n) is 2.28. The number of hydrogen-bond acceptors (Lipinski definition) is 3. The van der Waals surface area contributed by atoms with Gasteiger partial charge in [0.2, 0.25) is 0 Å². The highest BCUT2D eigenvalue weighted by atomic mass is 35.5. The highest BCUT2D eigenvalue weighted by Crippen LogP contribution is 2.22. The first-order valence-corrected chi connectivity index (χ1v) is 8.78. The van der Waals surface area contributed by atoms with Gasteiger partial charge >= 0.3 is 5.97 Å². The monoisotopic (exact) mass is 371 g/mol. The Balaban J connectivity index is 2.29. The van der Waals surface area contributed by atoms with Crippen molar-refractivity contribution in [2.45, 2.75) is 32.9 Å². The van der Waals surface area contributed by atoms with Gasteiger partial charge < -0.3 is 10.1 Å². The van der Waals surface area contributed by atoms with Gasteiger partial charge in [-0.1, -0.05) is 54.1 Å². The molecule has 2 rings (SSSR count). The molecule has 0 heterocycles. The van der Waals surface area contributed by atoms with Gasteiger partial charge in [-0.3, -0.25) is 4.79 Å². The summed E-state index contributed by atoms with van der Waals surface area (Å²) in [4.78, 5) is 24.8. The molecule has 2 aromatic carbocycles. The average molecular weight is 372 g/mol. The van der Waals surface area contributed by atoms with Crippen LogP contribution in [0.2, 0.25) is 5.02 Å². The molecule has 4 nitrogen and oxygen atoms in total. The molecule has 5 heteroatoms. The van der Waals surface area contributed by atoms with Crippen molar-refractivity contribution in [3.8, 4) is 0 Å². The van der Waals surface area contributed by atoms with E-state index in [4.69, 9.17) is 16.3 Å². The smallest absolute Gasteiger partial charge is 0.339 e. The fourth-order valence-corrected chi connectivity index (χ4v) is 2.41. The van der Waals surface area contributed by atoms with Crippen LogP contribution >= 0.6 is 11.6 Å². The molecule has 2 aromatic rings. The third kappa shape index (κ3) is 5.74. The van der Waals surface area contributed by atoms with Crippen LogP contribution in [0.25, 0.3) is 11.6 Å². The van der Waals surface area contributed by atoms with Crippen molar-refractivity contribution >= 4 is 35.1 Å². The second-order valence-corrected chi connectivity index (χ2v) is 6.62. The molecule has 0 radical (unpaired) electrons. The summed E-state index contributed by atoms with van der Waals surface area (Å²) in [5.41, 5.74) is 1.88. The number of carbonyl (C=O) groups excluding carboxylic acids is 2. The van der Waals surface area contributed by atoms with Crippen LogP contribution in [-0.4, -0.2) is 24.0 Å². The lowest BCUT2D eigenvalue weighted by Gasteiger charge is -2.16. The third-order valence-corrected chi connectivity index (χ3v) is 3.82. The SMILES string of the molecule is CC(C)NC(=O)[C@@H](C)OC(=O)/C(=C/c1ccccc1)c1ccc(Cl)cc1. The van der Waals surface area contributed by atoms with Crippen molar-refractivity contribution in [2.24, 2.45) is 0 Å². The number of amides is 1. The molecule has 0 aliphatic rings. The molecule has 0 fully saturated rings. The standard InChI is InChI=1S/C21H22ClNO3/c1-14(2)23-20(24)15(3)26-21(25)19(13-16-7-5-4-6-8-16)17-9-11-18(22)12-10-17/h4-15H,1-3H3,(H,23,24)/b19-13+/t15-/m1/s1. The molecule has 0 spiro atoms. The molecule has 26 heavy (non-hydrogen) atoms. The minimum atomic E-state index is -0.892. The van der Waals surface area contributed by atoms with E-state index in [0.717, 1.165) is 5.56 Å². The highest BCUT2D eigenvalue weighted by Gasteiger charge is 2.22. The second kappa shape index (κ2) is 9.20. The highest BCUT2D eigenvalue weighted by molar-refractivity contribution is 6.30. The van der Waals surface area contributed by atoms with Gasteiger partial charge in [0.1, 0.15) is 0 Å². The average Bonchev–Trinajstić information content (AvgIpc) is 2.60. The normalized spacial score (nSPS) is 12.6. The van der Waals surface area contributed by atoms with E-state index in [9.17, 15) is 9.59 Å². The Labute approximate surface area is 158 Å². The number of hydrogen-bond donors (Lipinski definition) is 1. The maximum absolute atomic E-state index is 12.7. The molecular formula is C21H22ClNO3. The van der Waals surface area contributed by atoms with Crippen LogP contribution in [-0.2, 0) is 14.3 Å². The number of benzene rings is 2. The van der Waals surface area contributed by atoms with Gasteiger partial charge in [0.15, 0.2) is 6.10 Å². The van der Waals surface area contributed by atoms with Crippen molar-refractivity contribution in [3.63, 3.8) is 0 Å². The summed E-state index contributed by atoms with van der Waals surface area (Å²) in [6.45, 7) is 5.25. The summed E-state index contributed by atoms with van der Waals surface area (Å²) in [5.74, 6) is -0.897. The number of halogens is 1. The van der Waals surface area contributed by atoms with E-state index in [1.165, 1.54) is 0 Å². The summed E-state index contributed by atoms with van der Waals surface area (Å²) in [7, 11) is 0. The minimum absolute atomic E-state index is 0.0285. The molecule has 1 amide bonds. The molecule has 0 aliphatic carbocycles. The third-order valence-electron chi connectivity index (χ3n) is 3.57. The molecule has 0 saturated carbocycles. The van der Waals surface area contributed by atoms with Crippen molar-refractivity contribution in [3.05, 3.63) is 70.7 Å². The van der Waals surface area contributed by atoms with Crippen LogP contribution in [0.1, 0.15) is 31.9 Å². The molecule has 1 atom stereocenters. The van der Waals surface area contributed by atoms with Gasteiger partial charge in [-0.15, -0.1) is 0 Å². The predicted molar refractivity (Wildman–Crippen MR) is 105 cm³/mol. The lowest BCUT2D eigenvalue weighted by Crippen LogP contribution is -2.39. The summed E-state index contributed by atoms with van der Waals surface area (Å²) in [6, 6.07) is 16.3. The molecule has 0 saturated heterocycles. The Morgan fingerprint density at radius 1 is 1.00 bits per heavy atom. The summed E-state index contributed by atoms with van der Waals surface area (Å²) < 4.78 is 5.38. The molecular weight excluding hydrogens is 350 g/mol.